The zero-order valence-corrected chi connectivity index (χ0v) is 14.3. The van der Waals surface area contributed by atoms with Crippen LogP contribution in [0.3, 0.4) is 0 Å². The minimum atomic E-state index is -4.50. The highest BCUT2D eigenvalue weighted by Gasteiger charge is 2.28. The number of alkyl halides is 3. The minimum Gasteiger partial charge on any atom is -0.481 e. The summed E-state index contributed by atoms with van der Waals surface area (Å²) in [5.41, 5.74) is 1.35. The molecule has 2 rings (SSSR count). The number of rotatable bonds is 7. The van der Waals surface area contributed by atoms with Gasteiger partial charge in [0.05, 0.1) is 5.92 Å². The average molecular weight is 382 g/mol. The second-order valence-corrected chi connectivity index (χ2v) is 5.88. The van der Waals surface area contributed by atoms with Crippen molar-refractivity contribution >= 4 is 17.6 Å². The molecule has 1 amide bonds. The van der Waals surface area contributed by atoms with Crippen LogP contribution in [0, 0.1) is 5.92 Å². The maximum Gasteiger partial charge on any atom is 0.422 e. The molecular formula is C18H17F3N2O4. The van der Waals surface area contributed by atoms with Crippen LogP contribution in [0.1, 0.15) is 22.8 Å². The topological polar surface area (TPSA) is 88.5 Å². The quantitative estimate of drug-likeness (QED) is 0.765. The zero-order chi connectivity index (χ0) is 20.0. The highest BCUT2D eigenvalue weighted by molar-refractivity contribution is 6.04. The fraction of sp³-hybridized carbons (Fsp3) is 0.278. The van der Waals surface area contributed by atoms with Crippen molar-refractivity contribution < 1.29 is 32.6 Å². The Bertz CT molecular complexity index is 807. The number of hydrogen-bond acceptors (Lipinski definition) is 4. The second kappa shape index (κ2) is 8.52. The minimum absolute atomic E-state index is 0.0887. The molecule has 0 aliphatic heterocycles. The molecule has 0 fully saturated rings. The van der Waals surface area contributed by atoms with Gasteiger partial charge in [-0.15, -0.1) is 0 Å². The number of carbonyl (C=O) groups is 2. The van der Waals surface area contributed by atoms with Crippen LogP contribution in [0.4, 0.5) is 18.9 Å². The number of nitrogens with one attached hydrogen (secondary N) is 1. The third-order valence-corrected chi connectivity index (χ3v) is 3.56. The maximum atomic E-state index is 12.2. The Morgan fingerprint density at radius 2 is 1.89 bits per heavy atom. The molecule has 0 radical (unpaired) electrons. The number of benzene rings is 1. The Balaban J connectivity index is 1.99. The lowest BCUT2D eigenvalue weighted by Gasteiger charge is -2.10. The van der Waals surface area contributed by atoms with E-state index in [0.717, 1.165) is 11.6 Å². The van der Waals surface area contributed by atoms with Crippen LogP contribution < -0.4 is 10.1 Å². The van der Waals surface area contributed by atoms with Gasteiger partial charge in [-0.25, -0.2) is 4.98 Å². The van der Waals surface area contributed by atoms with Gasteiger partial charge in [-0.1, -0.05) is 19.1 Å². The fourth-order valence-electron chi connectivity index (χ4n) is 2.15. The highest BCUT2D eigenvalue weighted by Crippen LogP contribution is 2.19. The summed E-state index contributed by atoms with van der Waals surface area (Å²) in [6, 6.07) is 9.08. The standard InChI is InChI=1S/C18H17F3N2O4/c1-11(17(25)26)8-12-2-4-14(5-3-12)23-16(24)13-6-7-22-15(9-13)27-10-18(19,20)21/h2-7,9,11H,8,10H2,1H3,(H,23,24)(H,25,26). The number of anilines is 1. The number of pyridine rings is 1. The normalized spacial score (nSPS) is 12.3. The predicted molar refractivity (Wildman–Crippen MR) is 90.7 cm³/mol. The number of carboxylic acid groups (broad SMARTS) is 1. The first-order valence-electron chi connectivity index (χ1n) is 7.93. The van der Waals surface area contributed by atoms with Gasteiger partial charge < -0.3 is 15.2 Å². The first-order valence-corrected chi connectivity index (χ1v) is 7.93. The molecule has 2 N–H and O–H groups in total. The third kappa shape index (κ3) is 6.61. The maximum absolute atomic E-state index is 12.2. The van der Waals surface area contributed by atoms with E-state index in [-0.39, 0.29) is 11.4 Å². The van der Waals surface area contributed by atoms with Gasteiger partial charge in [0.15, 0.2) is 6.61 Å². The van der Waals surface area contributed by atoms with Crippen molar-refractivity contribution in [3.8, 4) is 5.88 Å². The smallest absolute Gasteiger partial charge is 0.422 e. The van der Waals surface area contributed by atoms with Gasteiger partial charge in [0.1, 0.15) is 0 Å². The number of carboxylic acids is 1. The van der Waals surface area contributed by atoms with E-state index in [9.17, 15) is 22.8 Å². The molecule has 27 heavy (non-hydrogen) atoms. The number of carbonyl (C=O) groups excluding carboxylic acids is 1. The van der Waals surface area contributed by atoms with E-state index >= 15 is 0 Å². The van der Waals surface area contributed by atoms with Crippen molar-refractivity contribution in [2.45, 2.75) is 19.5 Å². The molecule has 0 spiro atoms. The van der Waals surface area contributed by atoms with Crippen LogP contribution in [0.25, 0.3) is 0 Å². The number of ether oxygens (including phenoxy) is 1. The van der Waals surface area contributed by atoms with E-state index in [4.69, 9.17) is 5.11 Å². The molecule has 6 nitrogen and oxygen atoms in total. The second-order valence-electron chi connectivity index (χ2n) is 5.88. The summed E-state index contributed by atoms with van der Waals surface area (Å²) >= 11 is 0. The molecule has 1 aromatic heterocycles. The summed E-state index contributed by atoms with van der Waals surface area (Å²) < 4.78 is 41.1. The van der Waals surface area contributed by atoms with E-state index < -0.39 is 30.6 Å². The summed E-state index contributed by atoms with van der Waals surface area (Å²) in [7, 11) is 0. The van der Waals surface area contributed by atoms with E-state index in [0.29, 0.717) is 12.1 Å². The van der Waals surface area contributed by atoms with Gasteiger partial charge >= 0.3 is 12.1 Å². The molecule has 0 saturated heterocycles. The number of amides is 1. The lowest BCUT2D eigenvalue weighted by molar-refractivity contribution is -0.154. The molecule has 2 aromatic rings. The molecule has 1 unspecified atom stereocenters. The predicted octanol–water partition coefficient (Wildman–Crippen LogP) is 3.54. The first-order chi connectivity index (χ1) is 12.6. The molecule has 144 valence electrons. The van der Waals surface area contributed by atoms with E-state index in [1.807, 2.05) is 0 Å². The van der Waals surface area contributed by atoms with Gasteiger partial charge in [0.25, 0.3) is 5.91 Å². The van der Waals surface area contributed by atoms with Crippen LogP contribution in [-0.4, -0.2) is 34.8 Å². The Morgan fingerprint density at radius 1 is 1.22 bits per heavy atom. The largest absolute Gasteiger partial charge is 0.481 e. The molecule has 0 aliphatic carbocycles. The third-order valence-electron chi connectivity index (χ3n) is 3.56. The number of aromatic nitrogens is 1. The zero-order valence-electron chi connectivity index (χ0n) is 14.3. The number of aliphatic carboxylic acids is 1. The molecule has 0 saturated carbocycles. The molecule has 1 heterocycles. The van der Waals surface area contributed by atoms with Crippen LogP contribution >= 0.6 is 0 Å². The Hall–Kier alpha value is -3.10. The number of halogens is 3. The van der Waals surface area contributed by atoms with Crippen molar-refractivity contribution in [3.05, 3.63) is 53.7 Å². The van der Waals surface area contributed by atoms with Crippen molar-refractivity contribution in [3.63, 3.8) is 0 Å². The van der Waals surface area contributed by atoms with Crippen molar-refractivity contribution in [2.24, 2.45) is 5.92 Å². The van der Waals surface area contributed by atoms with Gasteiger partial charge in [-0.3, -0.25) is 9.59 Å². The van der Waals surface area contributed by atoms with Crippen molar-refractivity contribution in [1.82, 2.24) is 4.98 Å². The van der Waals surface area contributed by atoms with Crippen LogP contribution in [0.15, 0.2) is 42.6 Å². The molecular weight excluding hydrogens is 365 g/mol. The van der Waals surface area contributed by atoms with Gasteiger partial charge in [0.2, 0.25) is 5.88 Å². The lowest BCUT2D eigenvalue weighted by atomic mass is 10.0. The van der Waals surface area contributed by atoms with Gasteiger partial charge in [-0.05, 0) is 30.2 Å². The van der Waals surface area contributed by atoms with Crippen molar-refractivity contribution in [1.29, 1.82) is 0 Å². The molecule has 0 aliphatic rings. The van der Waals surface area contributed by atoms with Crippen molar-refractivity contribution in [2.75, 3.05) is 11.9 Å². The average Bonchev–Trinajstić information content (AvgIpc) is 2.61. The summed E-state index contributed by atoms with van der Waals surface area (Å²) in [6.07, 6.45) is -2.97. The van der Waals surface area contributed by atoms with E-state index in [1.165, 1.54) is 12.3 Å². The van der Waals surface area contributed by atoms with E-state index in [2.05, 4.69) is 15.0 Å². The summed E-state index contributed by atoms with van der Waals surface area (Å²) in [6.45, 7) is 0.0984. The molecule has 1 atom stereocenters. The lowest BCUT2D eigenvalue weighted by Crippen LogP contribution is -2.20. The summed E-state index contributed by atoms with van der Waals surface area (Å²) in [5.74, 6) is -2.27. The Labute approximate surface area is 153 Å². The van der Waals surface area contributed by atoms with E-state index in [1.54, 1.807) is 31.2 Å². The molecule has 9 heteroatoms. The van der Waals surface area contributed by atoms with Crippen LogP contribution in [0.2, 0.25) is 0 Å². The van der Waals surface area contributed by atoms with Crippen LogP contribution in [0.5, 0.6) is 5.88 Å². The first kappa shape index (κ1) is 20.2. The Kier molecular flexibility index (Phi) is 6.38. The molecule has 1 aromatic carbocycles. The highest BCUT2D eigenvalue weighted by atomic mass is 19.4. The van der Waals surface area contributed by atoms with Gasteiger partial charge in [-0.2, -0.15) is 13.2 Å². The number of hydrogen-bond donors (Lipinski definition) is 2. The number of nitrogens with zero attached hydrogens (tertiary/aromatic N) is 1. The van der Waals surface area contributed by atoms with Crippen LogP contribution in [-0.2, 0) is 11.2 Å². The summed E-state index contributed by atoms with van der Waals surface area (Å²) in [5, 5.41) is 11.5. The Morgan fingerprint density at radius 3 is 2.48 bits per heavy atom. The monoisotopic (exact) mass is 382 g/mol. The summed E-state index contributed by atoms with van der Waals surface area (Å²) in [4.78, 5) is 26.7. The molecule has 0 bridgehead atoms. The van der Waals surface area contributed by atoms with Gasteiger partial charge in [0, 0.05) is 23.5 Å². The SMILES string of the molecule is CC(Cc1ccc(NC(=O)c2ccnc(OCC(F)(F)F)c2)cc1)C(=O)O. The fourth-order valence-corrected chi connectivity index (χ4v) is 2.15.